The second-order valence-electron chi connectivity index (χ2n) is 5.18. The second kappa shape index (κ2) is 7.11. The molecule has 2 nitrogen and oxygen atoms in total. The molecule has 2 rings (SSSR count). The lowest BCUT2D eigenvalue weighted by molar-refractivity contribution is 0.307. The zero-order valence-corrected chi connectivity index (χ0v) is 12.5. The molecule has 2 heteroatoms. The van der Waals surface area contributed by atoms with Crippen LogP contribution in [0.3, 0.4) is 0 Å². The van der Waals surface area contributed by atoms with Crippen molar-refractivity contribution in [3.63, 3.8) is 0 Å². The Bertz CT molecular complexity index is 536. The van der Waals surface area contributed by atoms with E-state index in [4.69, 9.17) is 4.74 Å². The number of ether oxygens (including phenoxy) is 1. The fourth-order valence-corrected chi connectivity index (χ4v) is 2.11. The van der Waals surface area contributed by atoms with E-state index >= 15 is 0 Å². The van der Waals surface area contributed by atoms with Crippen LogP contribution in [-0.4, -0.2) is 13.2 Å². The minimum Gasteiger partial charge on any atom is -0.492 e. The van der Waals surface area contributed by atoms with E-state index in [0.717, 1.165) is 12.3 Å². The first-order chi connectivity index (χ1) is 9.66. The summed E-state index contributed by atoms with van der Waals surface area (Å²) < 4.78 is 5.77. The van der Waals surface area contributed by atoms with Crippen LogP contribution in [-0.2, 0) is 0 Å². The summed E-state index contributed by atoms with van der Waals surface area (Å²) in [5, 5.41) is 3.47. The Kier molecular flexibility index (Phi) is 5.19. The Labute approximate surface area is 121 Å². The fraction of sp³-hybridized carbons (Fsp3) is 0.333. The average Bonchev–Trinajstić information content (AvgIpc) is 2.48. The summed E-state index contributed by atoms with van der Waals surface area (Å²) in [6, 6.07) is 17.0. The maximum atomic E-state index is 5.77. The molecule has 0 aromatic heterocycles. The molecular weight excluding hydrogens is 246 g/mol. The van der Waals surface area contributed by atoms with Crippen LogP contribution in [0.15, 0.2) is 48.5 Å². The summed E-state index contributed by atoms with van der Waals surface area (Å²) in [4.78, 5) is 0. The lowest BCUT2D eigenvalue weighted by Crippen LogP contribution is -2.24. The number of hydrogen-bond acceptors (Lipinski definition) is 2. The Hall–Kier alpha value is -1.80. The molecule has 1 atom stereocenters. The molecule has 1 N–H and O–H groups in total. The fourth-order valence-electron chi connectivity index (χ4n) is 2.11. The van der Waals surface area contributed by atoms with E-state index < -0.39 is 0 Å². The molecule has 2 aromatic carbocycles. The predicted molar refractivity (Wildman–Crippen MR) is 84.3 cm³/mol. The van der Waals surface area contributed by atoms with Gasteiger partial charge in [0.15, 0.2) is 0 Å². The summed E-state index contributed by atoms with van der Waals surface area (Å²) in [6.45, 7) is 7.91. The van der Waals surface area contributed by atoms with E-state index in [9.17, 15) is 0 Å². The molecule has 0 heterocycles. The highest BCUT2D eigenvalue weighted by atomic mass is 16.5. The molecule has 0 spiro atoms. The van der Waals surface area contributed by atoms with Crippen molar-refractivity contribution in [1.82, 2.24) is 5.32 Å². The van der Waals surface area contributed by atoms with Gasteiger partial charge in [0.2, 0.25) is 0 Å². The van der Waals surface area contributed by atoms with Crippen LogP contribution in [0.2, 0.25) is 0 Å². The minimum atomic E-state index is 0.347. The number of hydrogen-bond donors (Lipinski definition) is 1. The van der Waals surface area contributed by atoms with Crippen LogP contribution < -0.4 is 10.1 Å². The number of benzene rings is 2. The van der Waals surface area contributed by atoms with Gasteiger partial charge in [-0.25, -0.2) is 0 Å². The van der Waals surface area contributed by atoms with E-state index in [2.05, 4.69) is 62.5 Å². The van der Waals surface area contributed by atoms with Gasteiger partial charge in [-0.2, -0.15) is 0 Å². The molecule has 0 aliphatic rings. The molecule has 0 amide bonds. The third kappa shape index (κ3) is 4.10. The highest BCUT2D eigenvalue weighted by molar-refractivity contribution is 5.33. The largest absolute Gasteiger partial charge is 0.492 e. The smallest absolute Gasteiger partial charge is 0.119 e. The molecule has 0 saturated heterocycles. The molecule has 1 unspecified atom stereocenters. The Morgan fingerprint density at radius 1 is 1.00 bits per heavy atom. The van der Waals surface area contributed by atoms with Crippen molar-refractivity contribution in [1.29, 1.82) is 0 Å². The van der Waals surface area contributed by atoms with Crippen molar-refractivity contribution < 1.29 is 4.74 Å². The SMILES string of the molecule is Cc1ccc(OCCNC(C)c2ccccc2)cc1C. The van der Waals surface area contributed by atoms with Gasteiger partial charge in [0.1, 0.15) is 12.4 Å². The van der Waals surface area contributed by atoms with E-state index in [1.54, 1.807) is 0 Å². The molecule has 106 valence electrons. The lowest BCUT2D eigenvalue weighted by atomic mass is 10.1. The van der Waals surface area contributed by atoms with Gasteiger partial charge < -0.3 is 10.1 Å². The van der Waals surface area contributed by atoms with Gasteiger partial charge >= 0.3 is 0 Å². The van der Waals surface area contributed by atoms with Crippen molar-refractivity contribution in [2.75, 3.05) is 13.2 Å². The van der Waals surface area contributed by atoms with E-state index in [-0.39, 0.29) is 0 Å². The summed E-state index contributed by atoms with van der Waals surface area (Å²) in [5.74, 6) is 0.947. The molecule has 20 heavy (non-hydrogen) atoms. The van der Waals surface area contributed by atoms with E-state index in [0.29, 0.717) is 12.6 Å². The molecule has 2 aromatic rings. The van der Waals surface area contributed by atoms with Crippen LogP contribution in [0.1, 0.15) is 29.7 Å². The van der Waals surface area contributed by atoms with Crippen molar-refractivity contribution in [2.24, 2.45) is 0 Å². The molecule has 0 saturated carbocycles. The molecule has 0 aliphatic heterocycles. The van der Waals surface area contributed by atoms with Gasteiger partial charge in [0.05, 0.1) is 0 Å². The second-order valence-corrected chi connectivity index (χ2v) is 5.18. The first-order valence-corrected chi connectivity index (χ1v) is 7.15. The normalized spacial score (nSPS) is 12.2. The third-order valence-electron chi connectivity index (χ3n) is 3.60. The zero-order chi connectivity index (χ0) is 14.4. The zero-order valence-electron chi connectivity index (χ0n) is 12.5. The highest BCUT2D eigenvalue weighted by Crippen LogP contribution is 2.16. The Morgan fingerprint density at radius 3 is 2.45 bits per heavy atom. The third-order valence-corrected chi connectivity index (χ3v) is 3.60. The Balaban J connectivity index is 1.75. The number of rotatable bonds is 6. The van der Waals surface area contributed by atoms with Gasteiger partial charge in [-0.1, -0.05) is 36.4 Å². The van der Waals surface area contributed by atoms with Gasteiger partial charge in [-0.15, -0.1) is 0 Å². The van der Waals surface area contributed by atoms with E-state index in [1.165, 1.54) is 16.7 Å². The van der Waals surface area contributed by atoms with Gasteiger partial charge in [-0.05, 0) is 49.6 Å². The monoisotopic (exact) mass is 269 g/mol. The predicted octanol–water partition coefficient (Wildman–Crippen LogP) is 4.03. The lowest BCUT2D eigenvalue weighted by Gasteiger charge is -2.15. The summed E-state index contributed by atoms with van der Waals surface area (Å²) >= 11 is 0. The van der Waals surface area contributed by atoms with Gasteiger partial charge in [0, 0.05) is 12.6 Å². The minimum absolute atomic E-state index is 0.347. The molecule has 0 radical (unpaired) electrons. The van der Waals surface area contributed by atoms with Crippen molar-refractivity contribution >= 4 is 0 Å². The van der Waals surface area contributed by atoms with Crippen LogP contribution in [0, 0.1) is 13.8 Å². The standard InChI is InChI=1S/C18H23NO/c1-14-9-10-18(13-15(14)2)20-12-11-19-16(3)17-7-5-4-6-8-17/h4-10,13,16,19H,11-12H2,1-3H3. The molecule has 0 aliphatic carbocycles. The summed E-state index contributed by atoms with van der Waals surface area (Å²) in [5.41, 5.74) is 3.87. The summed E-state index contributed by atoms with van der Waals surface area (Å²) in [6.07, 6.45) is 0. The first kappa shape index (κ1) is 14.6. The number of aryl methyl sites for hydroxylation is 2. The molecular formula is C18H23NO. The van der Waals surface area contributed by atoms with Crippen molar-refractivity contribution in [3.8, 4) is 5.75 Å². The number of nitrogens with one attached hydrogen (secondary N) is 1. The van der Waals surface area contributed by atoms with Crippen LogP contribution in [0.5, 0.6) is 5.75 Å². The van der Waals surface area contributed by atoms with Crippen molar-refractivity contribution in [2.45, 2.75) is 26.8 Å². The molecule has 0 bridgehead atoms. The summed E-state index contributed by atoms with van der Waals surface area (Å²) in [7, 11) is 0. The Morgan fingerprint density at radius 2 is 1.75 bits per heavy atom. The quantitative estimate of drug-likeness (QED) is 0.799. The highest BCUT2D eigenvalue weighted by Gasteiger charge is 2.03. The van der Waals surface area contributed by atoms with Crippen LogP contribution >= 0.6 is 0 Å². The maximum absolute atomic E-state index is 5.77. The van der Waals surface area contributed by atoms with Crippen LogP contribution in [0.25, 0.3) is 0 Å². The first-order valence-electron chi connectivity index (χ1n) is 7.15. The molecule has 0 fully saturated rings. The van der Waals surface area contributed by atoms with E-state index in [1.807, 2.05) is 12.1 Å². The maximum Gasteiger partial charge on any atom is 0.119 e. The van der Waals surface area contributed by atoms with Crippen molar-refractivity contribution in [3.05, 3.63) is 65.2 Å². The topological polar surface area (TPSA) is 21.3 Å². The van der Waals surface area contributed by atoms with Crippen LogP contribution in [0.4, 0.5) is 0 Å². The average molecular weight is 269 g/mol. The van der Waals surface area contributed by atoms with Gasteiger partial charge in [-0.3, -0.25) is 0 Å². The van der Waals surface area contributed by atoms with Gasteiger partial charge in [0.25, 0.3) is 0 Å².